The van der Waals surface area contributed by atoms with Gasteiger partial charge in [-0.1, -0.05) is 54.6 Å². The first-order valence-corrected chi connectivity index (χ1v) is 11.2. The summed E-state index contributed by atoms with van der Waals surface area (Å²) in [5.41, 5.74) is 5.05. The molecule has 0 amide bonds. The van der Waals surface area contributed by atoms with Crippen LogP contribution in [-0.2, 0) is 6.42 Å². The van der Waals surface area contributed by atoms with Gasteiger partial charge in [-0.2, -0.15) is 0 Å². The van der Waals surface area contributed by atoms with E-state index < -0.39 is 0 Å². The average Bonchev–Trinajstić information content (AvgIpc) is 3.01. The molecule has 3 aliphatic rings. The van der Waals surface area contributed by atoms with Crippen LogP contribution < -0.4 is 10.4 Å². The molecule has 1 heterocycles. The Kier molecular flexibility index (Phi) is 4.24. The molecule has 0 fully saturated rings. The number of hydrogen-bond donors (Lipinski definition) is 0. The molecule has 3 heteroatoms. The quantitative estimate of drug-likeness (QED) is 0.498. The Morgan fingerprint density at radius 2 is 1.80 bits per heavy atom. The SMILES string of the molecule is Fc1ccc2c(c1)=c1ccc3c(c1CC=2)C(C1=NSc2ccccc2C=C1)CCC=3. The van der Waals surface area contributed by atoms with Crippen LogP contribution in [0.4, 0.5) is 4.39 Å². The van der Waals surface area contributed by atoms with Crippen molar-refractivity contribution >= 4 is 35.9 Å². The first-order valence-electron chi connectivity index (χ1n) is 10.4. The van der Waals surface area contributed by atoms with Gasteiger partial charge in [0.15, 0.2) is 0 Å². The topological polar surface area (TPSA) is 12.4 Å². The fraction of sp³-hybridized carbons (Fsp3) is 0.148. The van der Waals surface area contributed by atoms with Gasteiger partial charge in [0.1, 0.15) is 5.82 Å². The second-order valence-electron chi connectivity index (χ2n) is 8.05. The van der Waals surface area contributed by atoms with E-state index in [0.717, 1.165) is 35.4 Å². The summed E-state index contributed by atoms with van der Waals surface area (Å²) in [6, 6.07) is 17.9. The molecule has 0 saturated heterocycles. The number of allylic oxidation sites excluding steroid dienone is 1. The lowest BCUT2D eigenvalue weighted by molar-refractivity contribution is 0.626. The summed E-state index contributed by atoms with van der Waals surface area (Å²) in [5, 5.41) is 4.60. The van der Waals surface area contributed by atoms with Gasteiger partial charge in [0.05, 0.1) is 5.71 Å². The van der Waals surface area contributed by atoms with Crippen molar-refractivity contribution in [3.8, 4) is 0 Å². The lowest BCUT2D eigenvalue weighted by Crippen LogP contribution is -2.26. The van der Waals surface area contributed by atoms with Gasteiger partial charge in [-0.15, -0.1) is 0 Å². The molecule has 0 saturated carbocycles. The average molecular weight is 410 g/mol. The molecule has 1 aliphatic heterocycles. The van der Waals surface area contributed by atoms with E-state index >= 15 is 0 Å². The minimum Gasteiger partial charge on any atom is -0.215 e. The van der Waals surface area contributed by atoms with Crippen molar-refractivity contribution in [2.75, 3.05) is 0 Å². The number of benzene rings is 3. The van der Waals surface area contributed by atoms with Crippen molar-refractivity contribution < 1.29 is 4.39 Å². The summed E-state index contributed by atoms with van der Waals surface area (Å²) >= 11 is 1.57. The highest BCUT2D eigenvalue weighted by Crippen LogP contribution is 2.34. The van der Waals surface area contributed by atoms with E-state index in [1.165, 1.54) is 32.0 Å². The Morgan fingerprint density at radius 1 is 0.900 bits per heavy atom. The zero-order chi connectivity index (χ0) is 20.1. The summed E-state index contributed by atoms with van der Waals surface area (Å²) in [7, 11) is 0. The van der Waals surface area contributed by atoms with Crippen LogP contribution in [0.1, 0.15) is 35.4 Å². The minimum atomic E-state index is -0.180. The molecule has 0 N–H and O–H groups in total. The van der Waals surface area contributed by atoms with E-state index in [1.54, 1.807) is 24.1 Å². The van der Waals surface area contributed by atoms with Gasteiger partial charge in [-0.05, 0) is 81.1 Å². The molecule has 1 nitrogen and oxygen atoms in total. The summed E-state index contributed by atoms with van der Waals surface area (Å²) < 4.78 is 19.0. The Morgan fingerprint density at radius 3 is 2.77 bits per heavy atom. The number of halogens is 1. The van der Waals surface area contributed by atoms with E-state index in [2.05, 4.69) is 60.7 Å². The van der Waals surface area contributed by atoms with Crippen LogP contribution in [0.25, 0.3) is 18.2 Å². The molecule has 0 aromatic heterocycles. The Bertz CT molecular complexity index is 1470. The molecule has 0 bridgehead atoms. The predicted molar refractivity (Wildman–Crippen MR) is 123 cm³/mol. The zero-order valence-corrected chi connectivity index (χ0v) is 17.3. The van der Waals surface area contributed by atoms with Gasteiger partial charge in [-0.25, -0.2) is 8.79 Å². The van der Waals surface area contributed by atoms with Gasteiger partial charge in [-0.3, -0.25) is 0 Å². The van der Waals surface area contributed by atoms with Crippen molar-refractivity contribution in [3.05, 3.63) is 104 Å². The van der Waals surface area contributed by atoms with Crippen molar-refractivity contribution in [2.24, 2.45) is 4.40 Å². The second kappa shape index (κ2) is 7.10. The molecule has 146 valence electrons. The van der Waals surface area contributed by atoms with Crippen molar-refractivity contribution in [1.29, 1.82) is 0 Å². The molecule has 6 rings (SSSR count). The largest absolute Gasteiger partial charge is 0.215 e. The van der Waals surface area contributed by atoms with Crippen LogP contribution in [0, 0.1) is 16.3 Å². The number of hydrogen-bond acceptors (Lipinski definition) is 2. The van der Waals surface area contributed by atoms with Gasteiger partial charge in [0.2, 0.25) is 0 Å². The summed E-state index contributed by atoms with van der Waals surface area (Å²) in [6.45, 7) is 0. The molecule has 3 aromatic rings. The zero-order valence-electron chi connectivity index (χ0n) is 16.4. The third-order valence-corrected chi connectivity index (χ3v) is 7.22. The smallest absolute Gasteiger partial charge is 0.123 e. The highest BCUT2D eigenvalue weighted by Gasteiger charge is 2.25. The van der Waals surface area contributed by atoms with Gasteiger partial charge in [0.25, 0.3) is 0 Å². The van der Waals surface area contributed by atoms with Crippen LogP contribution in [0.5, 0.6) is 0 Å². The third-order valence-electron chi connectivity index (χ3n) is 6.35. The fourth-order valence-corrected chi connectivity index (χ4v) is 5.70. The maximum Gasteiger partial charge on any atom is 0.123 e. The predicted octanol–water partition coefficient (Wildman–Crippen LogP) is 5.28. The normalized spacial score (nSPS) is 18.6. The lowest BCUT2D eigenvalue weighted by Gasteiger charge is -2.25. The summed E-state index contributed by atoms with van der Waals surface area (Å²) in [4.78, 5) is 1.19. The Balaban J connectivity index is 1.57. The van der Waals surface area contributed by atoms with E-state index in [4.69, 9.17) is 4.40 Å². The van der Waals surface area contributed by atoms with E-state index in [9.17, 15) is 4.39 Å². The number of rotatable bonds is 1. The van der Waals surface area contributed by atoms with Crippen LogP contribution in [0.2, 0.25) is 0 Å². The maximum atomic E-state index is 14.0. The molecule has 1 atom stereocenters. The Labute approximate surface area is 178 Å². The van der Waals surface area contributed by atoms with Crippen LogP contribution in [0.15, 0.2) is 70.0 Å². The summed E-state index contributed by atoms with van der Waals surface area (Å²) in [6.07, 6.45) is 12.0. The van der Waals surface area contributed by atoms with E-state index in [-0.39, 0.29) is 11.7 Å². The number of fused-ring (bicyclic) bond motifs is 5. The third kappa shape index (κ3) is 2.88. The van der Waals surface area contributed by atoms with Crippen molar-refractivity contribution in [2.45, 2.75) is 30.1 Å². The molecule has 3 aromatic carbocycles. The first-order chi connectivity index (χ1) is 14.8. The van der Waals surface area contributed by atoms with Crippen LogP contribution in [0.3, 0.4) is 0 Å². The molecular formula is C27H20FNS. The Hall–Kier alpha value is -2.91. The monoisotopic (exact) mass is 409 g/mol. The molecule has 0 radical (unpaired) electrons. The van der Waals surface area contributed by atoms with Crippen molar-refractivity contribution in [3.63, 3.8) is 0 Å². The van der Waals surface area contributed by atoms with Crippen LogP contribution in [-0.4, -0.2) is 5.71 Å². The van der Waals surface area contributed by atoms with Gasteiger partial charge >= 0.3 is 0 Å². The van der Waals surface area contributed by atoms with Gasteiger partial charge < -0.3 is 0 Å². The molecule has 30 heavy (non-hydrogen) atoms. The van der Waals surface area contributed by atoms with E-state index in [1.807, 2.05) is 6.07 Å². The highest BCUT2D eigenvalue weighted by atomic mass is 32.2. The second-order valence-corrected chi connectivity index (χ2v) is 8.85. The molecule has 0 spiro atoms. The summed E-state index contributed by atoms with van der Waals surface area (Å²) in [5.74, 6) is 0.0857. The minimum absolute atomic E-state index is 0.180. The van der Waals surface area contributed by atoms with E-state index in [0.29, 0.717) is 0 Å². The highest BCUT2D eigenvalue weighted by molar-refractivity contribution is 7.98. The van der Waals surface area contributed by atoms with Crippen LogP contribution >= 0.6 is 11.9 Å². The molecule has 1 unspecified atom stereocenters. The number of nitrogens with zero attached hydrogens (tertiary/aromatic N) is 1. The van der Waals surface area contributed by atoms with Crippen molar-refractivity contribution in [1.82, 2.24) is 0 Å². The first kappa shape index (κ1) is 17.9. The lowest BCUT2D eigenvalue weighted by atomic mass is 9.79. The standard InChI is InChI=1S/C27H20FNS/c28-20-12-8-17-9-14-22-21(24(17)16-20)13-10-19-5-3-6-23(27(19)22)25-15-11-18-4-1-2-7-26(18)30-29-25/h1-2,4-5,7-13,15-16,23H,3,6,14H2. The van der Waals surface area contributed by atoms with Gasteiger partial charge in [0, 0.05) is 22.8 Å². The molecule has 2 aliphatic carbocycles. The fourth-order valence-electron chi connectivity index (χ4n) is 4.93. The maximum absolute atomic E-state index is 14.0. The molecular weight excluding hydrogens is 389 g/mol.